The second kappa shape index (κ2) is 3.60. The van der Waals surface area contributed by atoms with E-state index in [9.17, 15) is 0 Å². The van der Waals surface area contributed by atoms with Crippen LogP contribution in [0.4, 0.5) is 0 Å². The van der Waals surface area contributed by atoms with Gasteiger partial charge in [0.05, 0.1) is 11.7 Å². The predicted octanol–water partition coefficient (Wildman–Crippen LogP) is 2.42. The molecule has 1 heterocycles. The number of aromatic nitrogens is 1. The summed E-state index contributed by atoms with van der Waals surface area (Å²) >= 11 is 0. The minimum absolute atomic E-state index is 0.181. The molecule has 2 aromatic rings. The molecule has 0 amide bonds. The average Bonchev–Trinajstić information content (AvgIpc) is 2.27. The first-order chi connectivity index (χ1) is 6.81. The monoisotopic (exact) mass is 184 g/mol. The number of benzene rings is 1. The van der Waals surface area contributed by atoms with E-state index in [4.69, 9.17) is 5.73 Å². The van der Waals surface area contributed by atoms with Crippen molar-refractivity contribution in [2.24, 2.45) is 5.73 Å². The fourth-order valence-electron chi connectivity index (χ4n) is 1.40. The molecular weight excluding hydrogens is 172 g/mol. The maximum atomic E-state index is 5.80. The van der Waals surface area contributed by atoms with Crippen molar-refractivity contribution in [2.45, 2.75) is 6.04 Å². The summed E-state index contributed by atoms with van der Waals surface area (Å²) in [6, 6.07) is 9.91. The van der Waals surface area contributed by atoms with Gasteiger partial charge < -0.3 is 5.73 Å². The van der Waals surface area contributed by atoms with Crippen molar-refractivity contribution in [3.05, 3.63) is 54.9 Å². The summed E-state index contributed by atoms with van der Waals surface area (Å²) in [6.45, 7) is 3.65. The normalized spacial score (nSPS) is 12.6. The zero-order chi connectivity index (χ0) is 9.97. The molecule has 2 nitrogen and oxygen atoms in total. The molecule has 1 aromatic heterocycles. The van der Waals surface area contributed by atoms with Gasteiger partial charge in [-0.05, 0) is 11.5 Å². The summed E-state index contributed by atoms with van der Waals surface area (Å²) < 4.78 is 0. The van der Waals surface area contributed by atoms with Crippen LogP contribution in [0, 0.1) is 0 Å². The largest absolute Gasteiger partial charge is 0.319 e. The van der Waals surface area contributed by atoms with Gasteiger partial charge in [0.2, 0.25) is 0 Å². The minimum atomic E-state index is -0.181. The molecule has 0 fully saturated rings. The molecule has 0 aliphatic heterocycles. The van der Waals surface area contributed by atoms with Crippen molar-refractivity contribution in [1.29, 1.82) is 0 Å². The first kappa shape index (κ1) is 8.91. The van der Waals surface area contributed by atoms with E-state index in [1.54, 1.807) is 6.08 Å². The second-order valence-electron chi connectivity index (χ2n) is 3.22. The van der Waals surface area contributed by atoms with Crippen molar-refractivity contribution in [3.8, 4) is 0 Å². The highest BCUT2D eigenvalue weighted by molar-refractivity contribution is 5.81. The number of rotatable bonds is 2. The Hall–Kier alpha value is -1.67. The Bertz CT molecular complexity index is 463. The number of fused-ring (bicyclic) bond motifs is 1. The van der Waals surface area contributed by atoms with Crippen LogP contribution in [0.3, 0.4) is 0 Å². The number of nitrogens with zero attached hydrogens (tertiary/aromatic N) is 1. The van der Waals surface area contributed by atoms with Gasteiger partial charge in [-0.2, -0.15) is 0 Å². The van der Waals surface area contributed by atoms with Crippen molar-refractivity contribution >= 4 is 10.8 Å². The molecule has 1 aromatic carbocycles. The van der Waals surface area contributed by atoms with Crippen LogP contribution in [0.2, 0.25) is 0 Å². The molecule has 0 saturated heterocycles. The predicted molar refractivity (Wildman–Crippen MR) is 58.9 cm³/mol. The molecule has 0 aliphatic rings. The van der Waals surface area contributed by atoms with Gasteiger partial charge in [0.15, 0.2) is 0 Å². The molecule has 0 bridgehead atoms. The van der Waals surface area contributed by atoms with E-state index in [1.807, 2.05) is 30.5 Å². The van der Waals surface area contributed by atoms with Gasteiger partial charge in [-0.1, -0.05) is 30.3 Å². The first-order valence-electron chi connectivity index (χ1n) is 4.54. The maximum absolute atomic E-state index is 5.80. The third-order valence-electron chi connectivity index (χ3n) is 2.25. The Morgan fingerprint density at radius 1 is 1.29 bits per heavy atom. The summed E-state index contributed by atoms with van der Waals surface area (Å²) in [5, 5.41) is 2.29. The first-order valence-corrected chi connectivity index (χ1v) is 4.54. The van der Waals surface area contributed by atoms with Crippen LogP contribution in [0.5, 0.6) is 0 Å². The van der Waals surface area contributed by atoms with Crippen molar-refractivity contribution in [3.63, 3.8) is 0 Å². The minimum Gasteiger partial charge on any atom is -0.319 e. The topological polar surface area (TPSA) is 38.9 Å². The van der Waals surface area contributed by atoms with Crippen LogP contribution in [-0.2, 0) is 0 Å². The van der Waals surface area contributed by atoms with Gasteiger partial charge in [-0.15, -0.1) is 6.58 Å². The highest BCUT2D eigenvalue weighted by Crippen LogP contribution is 2.16. The highest BCUT2D eigenvalue weighted by atomic mass is 14.8. The molecule has 0 spiro atoms. The molecule has 2 rings (SSSR count). The number of hydrogen-bond acceptors (Lipinski definition) is 2. The van der Waals surface area contributed by atoms with E-state index < -0.39 is 0 Å². The Kier molecular flexibility index (Phi) is 2.29. The number of pyridine rings is 1. The third kappa shape index (κ3) is 1.52. The van der Waals surface area contributed by atoms with E-state index in [1.165, 1.54) is 0 Å². The lowest BCUT2D eigenvalue weighted by Crippen LogP contribution is -2.08. The van der Waals surface area contributed by atoms with E-state index in [0.717, 1.165) is 16.5 Å². The zero-order valence-corrected chi connectivity index (χ0v) is 7.85. The molecule has 2 heteroatoms. The van der Waals surface area contributed by atoms with Gasteiger partial charge in [-0.3, -0.25) is 4.98 Å². The SMILES string of the molecule is C=C[C@H](N)c1cc2ccccc2cn1. The Morgan fingerprint density at radius 3 is 2.71 bits per heavy atom. The molecule has 2 N–H and O–H groups in total. The highest BCUT2D eigenvalue weighted by Gasteiger charge is 2.02. The third-order valence-corrected chi connectivity index (χ3v) is 2.25. The standard InChI is InChI=1S/C12H12N2/c1-2-11(13)12-7-9-5-3-4-6-10(9)8-14-12/h2-8,11H,1,13H2/t11-/m0/s1. The second-order valence-corrected chi connectivity index (χ2v) is 3.22. The summed E-state index contributed by atoms with van der Waals surface area (Å²) in [7, 11) is 0. The van der Waals surface area contributed by atoms with Gasteiger partial charge in [0.25, 0.3) is 0 Å². The van der Waals surface area contributed by atoms with Crippen molar-refractivity contribution in [2.75, 3.05) is 0 Å². The lowest BCUT2D eigenvalue weighted by atomic mass is 10.1. The quantitative estimate of drug-likeness (QED) is 0.728. The summed E-state index contributed by atoms with van der Waals surface area (Å²) in [5.74, 6) is 0. The van der Waals surface area contributed by atoms with Crippen LogP contribution in [-0.4, -0.2) is 4.98 Å². The molecule has 0 unspecified atom stereocenters. The van der Waals surface area contributed by atoms with Gasteiger partial charge >= 0.3 is 0 Å². The summed E-state index contributed by atoms with van der Waals surface area (Å²) in [5.41, 5.74) is 6.66. The van der Waals surface area contributed by atoms with Crippen LogP contribution >= 0.6 is 0 Å². The van der Waals surface area contributed by atoms with E-state index in [2.05, 4.69) is 17.6 Å². The summed E-state index contributed by atoms with van der Waals surface area (Å²) in [4.78, 5) is 4.28. The molecule has 0 aliphatic carbocycles. The molecule has 70 valence electrons. The van der Waals surface area contributed by atoms with E-state index >= 15 is 0 Å². The van der Waals surface area contributed by atoms with Crippen LogP contribution in [0.15, 0.2) is 49.2 Å². The van der Waals surface area contributed by atoms with E-state index in [-0.39, 0.29) is 6.04 Å². The number of nitrogens with two attached hydrogens (primary N) is 1. The van der Waals surface area contributed by atoms with Gasteiger partial charge in [-0.25, -0.2) is 0 Å². The van der Waals surface area contributed by atoms with Crippen molar-refractivity contribution in [1.82, 2.24) is 4.98 Å². The van der Waals surface area contributed by atoms with Crippen LogP contribution < -0.4 is 5.73 Å². The zero-order valence-electron chi connectivity index (χ0n) is 7.85. The Labute approximate surface area is 83.1 Å². The summed E-state index contributed by atoms with van der Waals surface area (Å²) in [6.07, 6.45) is 3.53. The molecule has 0 saturated carbocycles. The van der Waals surface area contributed by atoms with Crippen LogP contribution in [0.25, 0.3) is 10.8 Å². The Balaban J connectivity index is 2.56. The fourth-order valence-corrected chi connectivity index (χ4v) is 1.40. The lowest BCUT2D eigenvalue weighted by Gasteiger charge is -2.06. The smallest absolute Gasteiger partial charge is 0.0653 e. The lowest BCUT2D eigenvalue weighted by molar-refractivity contribution is 0.868. The molecule has 14 heavy (non-hydrogen) atoms. The molecule has 0 radical (unpaired) electrons. The Morgan fingerprint density at radius 2 is 2.00 bits per heavy atom. The van der Waals surface area contributed by atoms with E-state index in [0.29, 0.717) is 0 Å². The molecule has 1 atom stereocenters. The molecular formula is C12H12N2. The average molecular weight is 184 g/mol. The maximum Gasteiger partial charge on any atom is 0.0653 e. The number of hydrogen-bond donors (Lipinski definition) is 1. The fraction of sp³-hybridized carbons (Fsp3) is 0.0833. The van der Waals surface area contributed by atoms with Gasteiger partial charge in [0.1, 0.15) is 0 Å². The van der Waals surface area contributed by atoms with Crippen LogP contribution in [0.1, 0.15) is 11.7 Å². The van der Waals surface area contributed by atoms with Gasteiger partial charge in [0, 0.05) is 11.6 Å². The van der Waals surface area contributed by atoms with Crippen molar-refractivity contribution < 1.29 is 0 Å².